The van der Waals surface area contributed by atoms with Gasteiger partial charge in [-0.25, -0.2) is 4.98 Å². The molecule has 20 heavy (non-hydrogen) atoms. The Bertz CT molecular complexity index is 818. The Hall–Kier alpha value is -2.85. The average Bonchev–Trinajstić information content (AvgIpc) is 2.53. The predicted molar refractivity (Wildman–Crippen MR) is 84.3 cm³/mol. The Kier molecular flexibility index (Phi) is 3.31. The lowest BCUT2D eigenvalue weighted by atomic mass is 10.1. The fourth-order valence-electron chi connectivity index (χ4n) is 1.97. The molecule has 0 spiro atoms. The van der Waals surface area contributed by atoms with Gasteiger partial charge in [-0.15, -0.1) is 0 Å². The molecular formula is C19H13N. The van der Waals surface area contributed by atoms with Crippen molar-refractivity contribution in [2.75, 3.05) is 0 Å². The van der Waals surface area contributed by atoms with Gasteiger partial charge < -0.3 is 0 Å². The fourth-order valence-corrected chi connectivity index (χ4v) is 1.97. The molecule has 2 aromatic carbocycles. The second kappa shape index (κ2) is 5.42. The lowest BCUT2D eigenvalue weighted by molar-refractivity contribution is 1.36. The van der Waals surface area contributed by atoms with E-state index < -0.39 is 0 Å². The molecule has 0 N–H and O–H groups in total. The Labute approximate surface area is 118 Å². The first kappa shape index (κ1) is 12.2. The molecule has 3 aromatic rings. The lowest BCUT2D eigenvalue weighted by Gasteiger charge is -1.96. The third-order valence-electron chi connectivity index (χ3n) is 3.08. The maximum Gasteiger partial charge on any atom is 0.114 e. The van der Waals surface area contributed by atoms with Crippen LogP contribution in [0.5, 0.6) is 0 Å². The Morgan fingerprint density at radius 3 is 2.45 bits per heavy atom. The van der Waals surface area contributed by atoms with Crippen molar-refractivity contribution >= 4 is 17.0 Å². The quantitative estimate of drug-likeness (QED) is 0.591. The first-order valence-electron chi connectivity index (χ1n) is 6.45. The van der Waals surface area contributed by atoms with Crippen LogP contribution in [0.3, 0.4) is 0 Å². The molecule has 0 atom stereocenters. The van der Waals surface area contributed by atoms with Gasteiger partial charge in [-0.2, -0.15) is 0 Å². The summed E-state index contributed by atoms with van der Waals surface area (Å²) < 4.78 is 0. The van der Waals surface area contributed by atoms with Gasteiger partial charge in [0.05, 0.1) is 5.52 Å². The molecule has 1 heteroatoms. The Morgan fingerprint density at radius 2 is 1.65 bits per heavy atom. The molecule has 0 aliphatic carbocycles. The van der Waals surface area contributed by atoms with Crippen LogP contribution >= 0.6 is 0 Å². The molecular weight excluding hydrogens is 242 g/mol. The summed E-state index contributed by atoms with van der Waals surface area (Å²) in [5.74, 6) is 6.23. The fraction of sp³-hybridized carbons (Fsp3) is 0. The van der Waals surface area contributed by atoms with Crippen LogP contribution in [-0.2, 0) is 0 Å². The number of aromatic nitrogens is 1. The van der Waals surface area contributed by atoms with Crippen LogP contribution in [0.2, 0.25) is 0 Å². The van der Waals surface area contributed by atoms with Crippen molar-refractivity contribution in [2.45, 2.75) is 0 Å². The van der Waals surface area contributed by atoms with Crippen molar-refractivity contribution in [1.29, 1.82) is 0 Å². The molecule has 0 saturated heterocycles. The molecule has 0 bridgehead atoms. The van der Waals surface area contributed by atoms with Crippen LogP contribution in [0.15, 0.2) is 67.2 Å². The minimum absolute atomic E-state index is 0.788. The van der Waals surface area contributed by atoms with Gasteiger partial charge >= 0.3 is 0 Å². The summed E-state index contributed by atoms with van der Waals surface area (Å²) >= 11 is 0. The summed E-state index contributed by atoms with van der Waals surface area (Å²) in [6, 6.07) is 20.0. The van der Waals surface area contributed by atoms with E-state index in [1.807, 2.05) is 66.7 Å². The molecule has 0 aliphatic heterocycles. The summed E-state index contributed by atoms with van der Waals surface area (Å²) in [5.41, 5.74) is 3.84. The van der Waals surface area contributed by atoms with Crippen LogP contribution in [0.4, 0.5) is 0 Å². The van der Waals surface area contributed by atoms with Crippen LogP contribution in [-0.4, -0.2) is 4.98 Å². The van der Waals surface area contributed by atoms with Gasteiger partial charge in [0.2, 0.25) is 0 Å². The van der Waals surface area contributed by atoms with E-state index in [9.17, 15) is 0 Å². The van der Waals surface area contributed by atoms with Crippen LogP contribution in [0.25, 0.3) is 17.0 Å². The molecule has 0 unspecified atom stereocenters. The molecule has 1 aromatic heterocycles. The van der Waals surface area contributed by atoms with Crippen molar-refractivity contribution in [1.82, 2.24) is 4.98 Å². The van der Waals surface area contributed by atoms with E-state index in [0.717, 1.165) is 27.7 Å². The standard InChI is InChI=1S/C19H13N/c1-2-15-7-9-16(10-8-15)11-13-18-14-12-17-5-3-4-6-19(17)20-18/h2-10,12,14H,1H2. The monoisotopic (exact) mass is 255 g/mol. The Morgan fingerprint density at radius 1 is 0.850 bits per heavy atom. The van der Waals surface area contributed by atoms with Crippen LogP contribution in [0.1, 0.15) is 16.8 Å². The SMILES string of the molecule is C=Cc1ccc(C#Cc2ccc3ccccc3n2)cc1. The molecule has 0 fully saturated rings. The summed E-state index contributed by atoms with van der Waals surface area (Å²) in [7, 11) is 0. The summed E-state index contributed by atoms with van der Waals surface area (Å²) in [5, 5.41) is 1.13. The number of nitrogens with zero attached hydrogens (tertiary/aromatic N) is 1. The van der Waals surface area contributed by atoms with Crippen molar-refractivity contribution in [3.8, 4) is 11.8 Å². The minimum Gasteiger partial charge on any atom is -0.239 e. The van der Waals surface area contributed by atoms with Gasteiger partial charge in [0.15, 0.2) is 0 Å². The van der Waals surface area contributed by atoms with Crippen LogP contribution < -0.4 is 0 Å². The number of rotatable bonds is 1. The third-order valence-corrected chi connectivity index (χ3v) is 3.08. The van der Waals surface area contributed by atoms with E-state index in [1.54, 1.807) is 0 Å². The number of pyridine rings is 1. The largest absolute Gasteiger partial charge is 0.239 e. The van der Waals surface area contributed by atoms with Crippen molar-refractivity contribution in [3.05, 3.63) is 84.1 Å². The number of para-hydroxylation sites is 1. The lowest BCUT2D eigenvalue weighted by Crippen LogP contribution is -1.84. The van der Waals surface area contributed by atoms with Crippen molar-refractivity contribution in [3.63, 3.8) is 0 Å². The normalized spacial score (nSPS) is 9.80. The molecule has 3 rings (SSSR count). The number of hydrogen-bond acceptors (Lipinski definition) is 1. The van der Waals surface area contributed by atoms with Crippen molar-refractivity contribution < 1.29 is 0 Å². The third kappa shape index (κ3) is 2.60. The van der Waals surface area contributed by atoms with E-state index in [0.29, 0.717) is 0 Å². The highest BCUT2D eigenvalue weighted by molar-refractivity contribution is 5.78. The maximum absolute atomic E-state index is 4.53. The zero-order valence-electron chi connectivity index (χ0n) is 11.0. The van der Waals surface area contributed by atoms with Gasteiger partial charge in [-0.05, 0) is 35.7 Å². The first-order chi connectivity index (χ1) is 9.85. The number of benzene rings is 2. The zero-order chi connectivity index (χ0) is 13.8. The van der Waals surface area contributed by atoms with Gasteiger partial charge in [0.1, 0.15) is 5.69 Å². The average molecular weight is 255 g/mol. The van der Waals surface area contributed by atoms with Gasteiger partial charge in [-0.1, -0.05) is 55.0 Å². The summed E-state index contributed by atoms with van der Waals surface area (Å²) in [6.07, 6.45) is 1.82. The van der Waals surface area contributed by atoms with E-state index in [2.05, 4.69) is 23.4 Å². The number of hydrogen-bond donors (Lipinski definition) is 0. The van der Waals surface area contributed by atoms with E-state index in [1.165, 1.54) is 0 Å². The molecule has 0 saturated carbocycles. The predicted octanol–water partition coefficient (Wildman–Crippen LogP) is 4.28. The zero-order valence-corrected chi connectivity index (χ0v) is 11.0. The number of fused-ring (bicyclic) bond motifs is 1. The van der Waals surface area contributed by atoms with Crippen molar-refractivity contribution in [2.24, 2.45) is 0 Å². The highest BCUT2D eigenvalue weighted by Gasteiger charge is 1.94. The van der Waals surface area contributed by atoms with E-state index >= 15 is 0 Å². The second-order valence-electron chi connectivity index (χ2n) is 4.47. The molecule has 1 nitrogen and oxygen atoms in total. The van der Waals surface area contributed by atoms with Gasteiger partial charge in [0, 0.05) is 10.9 Å². The highest BCUT2D eigenvalue weighted by atomic mass is 14.7. The summed E-state index contributed by atoms with van der Waals surface area (Å²) in [4.78, 5) is 4.53. The topological polar surface area (TPSA) is 12.9 Å². The second-order valence-corrected chi connectivity index (χ2v) is 4.47. The first-order valence-corrected chi connectivity index (χ1v) is 6.45. The van der Waals surface area contributed by atoms with E-state index in [-0.39, 0.29) is 0 Å². The van der Waals surface area contributed by atoms with Crippen LogP contribution in [0, 0.1) is 11.8 Å². The highest BCUT2D eigenvalue weighted by Crippen LogP contribution is 2.11. The summed E-state index contributed by atoms with van der Waals surface area (Å²) in [6.45, 7) is 3.74. The van der Waals surface area contributed by atoms with Gasteiger partial charge in [-0.3, -0.25) is 0 Å². The smallest absolute Gasteiger partial charge is 0.114 e. The van der Waals surface area contributed by atoms with Gasteiger partial charge in [0.25, 0.3) is 0 Å². The van der Waals surface area contributed by atoms with E-state index in [4.69, 9.17) is 0 Å². The molecule has 0 amide bonds. The minimum atomic E-state index is 0.788. The molecule has 94 valence electrons. The molecule has 1 heterocycles. The molecule has 0 radical (unpaired) electrons. The molecule has 0 aliphatic rings. The Balaban J connectivity index is 1.92. The maximum atomic E-state index is 4.53.